The van der Waals surface area contributed by atoms with Gasteiger partial charge in [-0.3, -0.25) is 4.98 Å². The summed E-state index contributed by atoms with van der Waals surface area (Å²) in [6, 6.07) is 13.5. The van der Waals surface area contributed by atoms with Gasteiger partial charge >= 0.3 is 0 Å². The van der Waals surface area contributed by atoms with E-state index in [-0.39, 0.29) is 0 Å². The molecule has 2 rings (SSSR count). The Morgan fingerprint density at radius 1 is 1.16 bits per heavy atom. The van der Waals surface area contributed by atoms with Crippen LogP contribution >= 0.6 is 0 Å². The molecule has 1 heterocycles. The van der Waals surface area contributed by atoms with Crippen molar-refractivity contribution in [2.75, 3.05) is 6.61 Å². The smallest absolute Gasteiger partial charge is 0.122 e. The Balaban J connectivity index is 1.99. The third-order valence-corrected chi connectivity index (χ3v) is 2.99. The number of aliphatic hydroxyl groups excluding tert-OH is 1. The monoisotopic (exact) mass is 257 g/mol. The van der Waals surface area contributed by atoms with E-state index in [9.17, 15) is 5.11 Å². The second-order valence-corrected chi connectivity index (χ2v) is 4.35. The van der Waals surface area contributed by atoms with E-state index in [4.69, 9.17) is 4.74 Å². The van der Waals surface area contributed by atoms with Crippen molar-refractivity contribution in [1.29, 1.82) is 0 Å². The minimum Gasteiger partial charge on any atom is -0.494 e. The minimum atomic E-state index is -0.532. The molecule has 3 nitrogen and oxygen atoms in total. The van der Waals surface area contributed by atoms with Gasteiger partial charge in [0.15, 0.2) is 0 Å². The van der Waals surface area contributed by atoms with Crippen molar-refractivity contribution in [3.63, 3.8) is 0 Å². The number of aliphatic hydroxyl groups is 1. The average molecular weight is 257 g/mol. The van der Waals surface area contributed by atoms with Crippen LogP contribution in [0.1, 0.15) is 30.7 Å². The summed E-state index contributed by atoms with van der Waals surface area (Å²) in [6.07, 6.45) is 2.58. The van der Waals surface area contributed by atoms with Crippen LogP contribution in [-0.4, -0.2) is 16.7 Å². The highest BCUT2D eigenvalue weighted by Gasteiger charge is 2.10. The number of aryl methyl sites for hydroxylation is 1. The molecule has 1 aromatic carbocycles. The quantitative estimate of drug-likeness (QED) is 0.864. The van der Waals surface area contributed by atoms with Gasteiger partial charge in [-0.2, -0.15) is 0 Å². The van der Waals surface area contributed by atoms with Crippen LogP contribution in [0.3, 0.4) is 0 Å². The molecule has 1 atom stereocenters. The van der Waals surface area contributed by atoms with Crippen molar-refractivity contribution >= 4 is 0 Å². The van der Waals surface area contributed by atoms with Gasteiger partial charge in [0, 0.05) is 6.20 Å². The van der Waals surface area contributed by atoms with Crippen molar-refractivity contribution in [3.05, 3.63) is 59.9 Å². The van der Waals surface area contributed by atoms with E-state index >= 15 is 0 Å². The zero-order valence-corrected chi connectivity index (χ0v) is 11.1. The summed E-state index contributed by atoms with van der Waals surface area (Å²) in [5.41, 5.74) is 1.84. The van der Waals surface area contributed by atoms with Crippen LogP contribution in [0, 0.1) is 0 Å². The van der Waals surface area contributed by atoms with Crippen LogP contribution in [0.25, 0.3) is 0 Å². The molecular weight excluding hydrogens is 238 g/mol. The van der Waals surface area contributed by atoms with E-state index in [1.807, 2.05) is 49.4 Å². The first-order valence-electron chi connectivity index (χ1n) is 6.61. The number of aromatic nitrogens is 1. The molecular formula is C16H19NO2. The number of benzene rings is 1. The molecule has 100 valence electrons. The predicted molar refractivity (Wildman–Crippen MR) is 75.1 cm³/mol. The summed E-state index contributed by atoms with van der Waals surface area (Å²) >= 11 is 0. The third-order valence-electron chi connectivity index (χ3n) is 2.99. The number of para-hydroxylation sites is 1. The number of nitrogens with zero attached hydrogens (tertiary/aromatic N) is 1. The summed E-state index contributed by atoms with van der Waals surface area (Å²) in [7, 11) is 0. The molecule has 2 aromatic rings. The summed E-state index contributed by atoms with van der Waals surface area (Å²) < 4.78 is 5.58. The van der Waals surface area contributed by atoms with Crippen molar-refractivity contribution in [2.24, 2.45) is 0 Å². The maximum Gasteiger partial charge on any atom is 0.122 e. The number of rotatable bonds is 6. The Kier molecular flexibility index (Phi) is 4.93. The molecule has 0 bridgehead atoms. The maximum atomic E-state index is 10.1. The SMILES string of the molecule is CCOc1ccccc1CCC(O)c1ccccn1. The first kappa shape index (κ1) is 13.6. The van der Waals surface area contributed by atoms with Crippen molar-refractivity contribution < 1.29 is 9.84 Å². The van der Waals surface area contributed by atoms with Gasteiger partial charge in [-0.1, -0.05) is 24.3 Å². The molecule has 1 aromatic heterocycles. The lowest BCUT2D eigenvalue weighted by atomic mass is 10.0. The van der Waals surface area contributed by atoms with Crippen LogP contribution < -0.4 is 4.74 Å². The molecule has 1 N–H and O–H groups in total. The molecule has 0 spiro atoms. The van der Waals surface area contributed by atoms with E-state index in [1.165, 1.54) is 0 Å². The van der Waals surface area contributed by atoms with E-state index in [0.29, 0.717) is 13.0 Å². The van der Waals surface area contributed by atoms with Crippen molar-refractivity contribution in [3.8, 4) is 5.75 Å². The van der Waals surface area contributed by atoms with Crippen LogP contribution in [0.2, 0.25) is 0 Å². The third kappa shape index (κ3) is 3.80. The number of hydrogen-bond donors (Lipinski definition) is 1. The summed E-state index contributed by atoms with van der Waals surface area (Å²) in [6.45, 7) is 2.62. The molecule has 0 aliphatic carbocycles. The largest absolute Gasteiger partial charge is 0.494 e. The molecule has 0 aliphatic heterocycles. The molecule has 0 fully saturated rings. The van der Waals surface area contributed by atoms with E-state index in [2.05, 4.69) is 4.98 Å². The predicted octanol–water partition coefficient (Wildman–Crippen LogP) is 3.15. The van der Waals surface area contributed by atoms with Gasteiger partial charge in [0.25, 0.3) is 0 Å². The molecule has 0 saturated heterocycles. The summed E-state index contributed by atoms with van der Waals surface area (Å²) in [4.78, 5) is 4.17. The highest BCUT2D eigenvalue weighted by molar-refractivity contribution is 5.33. The van der Waals surface area contributed by atoms with Gasteiger partial charge in [0.05, 0.1) is 18.4 Å². The topological polar surface area (TPSA) is 42.4 Å². The molecule has 0 radical (unpaired) electrons. The summed E-state index contributed by atoms with van der Waals surface area (Å²) in [5, 5.41) is 10.1. The zero-order valence-electron chi connectivity index (χ0n) is 11.1. The fourth-order valence-corrected chi connectivity index (χ4v) is 2.02. The van der Waals surface area contributed by atoms with Crippen LogP contribution in [0.15, 0.2) is 48.7 Å². The van der Waals surface area contributed by atoms with E-state index in [1.54, 1.807) is 6.20 Å². The lowest BCUT2D eigenvalue weighted by molar-refractivity contribution is 0.162. The molecule has 3 heteroatoms. The molecule has 0 aliphatic rings. The van der Waals surface area contributed by atoms with Crippen LogP contribution in [0.5, 0.6) is 5.75 Å². The van der Waals surface area contributed by atoms with E-state index in [0.717, 1.165) is 23.4 Å². The fraction of sp³-hybridized carbons (Fsp3) is 0.312. The first-order chi connectivity index (χ1) is 9.31. The molecule has 1 unspecified atom stereocenters. The normalized spacial score (nSPS) is 12.1. The second kappa shape index (κ2) is 6.90. The van der Waals surface area contributed by atoms with Crippen LogP contribution in [-0.2, 0) is 6.42 Å². The van der Waals surface area contributed by atoms with Gasteiger partial charge in [-0.25, -0.2) is 0 Å². The summed E-state index contributed by atoms with van der Waals surface area (Å²) in [5.74, 6) is 0.901. The van der Waals surface area contributed by atoms with E-state index < -0.39 is 6.10 Å². The van der Waals surface area contributed by atoms with Gasteiger partial charge in [0.2, 0.25) is 0 Å². The number of pyridine rings is 1. The standard InChI is InChI=1S/C16H19NO2/c1-2-19-16-9-4-3-7-13(16)10-11-15(18)14-8-5-6-12-17-14/h3-9,12,15,18H,2,10-11H2,1H3. The number of ether oxygens (including phenoxy) is 1. The average Bonchev–Trinajstić information content (AvgIpc) is 2.47. The molecule has 19 heavy (non-hydrogen) atoms. The maximum absolute atomic E-state index is 10.1. The second-order valence-electron chi connectivity index (χ2n) is 4.35. The van der Waals surface area contributed by atoms with Crippen LogP contribution in [0.4, 0.5) is 0 Å². The Morgan fingerprint density at radius 2 is 1.95 bits per heavy atom. The molecule has 0 amide bonds. The van der Waals surface area contributed by atoms with Crippen molar-refractivity contribution in [1.82, 2.24) is 4.98 Å². The Hall–Kier alpha value is -1.87. The Morgan fingerprint density at radius 3 is 2.68 bits per heavy atom. The zero-order chi connectivity index (χ0) is 13.5. The minimum absolute atomic E-state index is 0.532. The van der Waals surface area contributed by atoms with Gasteiger partial charge in [0.1, 0.15) is 5.75 Å². The highest BCUT2D eigenvalue weighted by Crippen LogP contribution is 2.23. The lowest BCUT2D eigenvalue weighted by Gasteiger charge is -2.12. The van der Waals surface area contributed by atoms with Gasteiger partial charge in [-0.05, 0) is 43.5 Å². The highest BCUT2D eigenvalue weighted by atomic mass is 16.5. The lowest BCUT2D eigenvalue weighted by Crippen LogP contribution is -2.03. The Bertz CT molecular complexity index is 499. The van der Waals surface area contributed by atoms with Crippen molar-refractivity contribution in [2.45, 2.75) is 25.9 Å². The molecule has 0 saturated carbocycles. The number of hydrogen-bond acceptors (Lipinski definition) is 3. The fourth-order valence-electron chi connectivity index (χ4n) is 2.02. The van der Waals surface area contributed by atoms with Gasteiger partial charge < -0.3 is 9.84 Å². The Labute approximate surface area is 113 Å². The van der Waals surface area contributed by atoms with Gasteiger partial charge in [-0.15, -0.1) is 0 Å². The first-order valence-corrected chi connectivity index (χ1v) is 6.61.